The summed E-state index contributed by atoms with van der Waals surface area (Å²) >= 11 is 0. The fourth-order valence-corrected chi connectivity index (χ4v) is 2.63. The molecule has 0 aliphatic heterocycles. The molecular weight excluding hydrogens is 252 g/mol. The monoisotopic (exact) mass is 270 g/mol. The summed E-state index contributed by atoms with van der Waals surface area (Å²) in [7, 11) is 0. The molecule has 20 heavy (non-hydrogen) atoms. The van der Waals surface area contributed by atoms with Gasteiger partial charge in [-0.2, -0.15) is 5.10 Å². The van der Waals surface area contributed by atoms with Crippen LogP contribution in [0.25, 0.3) is 11.1 Å². The molecule has 1 saturated carbocycles. The van der Waals surface area contributed by atoms with Crippen molar-refractivity contribution in [2.24, 2.45) is 0 Å². The first-order valence-corrected chi connectivity index (χ1v) is 6.98. The van der Waals surface area contributed by atoms with Crippen molar-refractivity contribution in [3.63, 3.8) is 0 Å². The van der Waals surface area contributed by atoms with Crippen molar-refractivity contribution >= 4 is 0 Å². The van der Waals surface area contributed by atoms with Crippen LogP contribution < -0.4 is 5.56 Å². The highest BCUT2D eigenvalue weighted by Gasteiger charge is 2.25. The number of rotatable bonds is 2. The highest BCUT2D eigenvalue weighted by molar-refractivity contribution is 5.72. The van der Waals surface area contributed by atoms with Gasteiger partial charge in [-0.15, -0.1) is 0 Å². The van der Waals surface area contributed by atoms with E-state index in [0.29, 0.717) is 11.3 Å². The van der Waals surface area contributed by atoms with Crippen LogP contribution >= 0.6 is 0 Å². The highest BCUT2D eigenvalue weighted by atomic mass is 16.3. The van der Waals surface area contributed by atoms with E-state index in [-0.39, 0.29) is 17.4 Å². The molecule has 0 amide bonds. The fraction of sp³-hybridized carbons (Fsp3) is 0.375. The lowest BCUT2D eigenvalue weighted by atomic mass is 9.93. The van der Waals surface area contributed by atoms with Crippen molar-refractivity contribution in [3.05, 3.63) is 45.9 Å². The Morgan fingerprint density at radius 3 is 2.55 bits per heavy atom. The third-order valence-electron chi connectivity index (χ3n) is 4.09. The maximum Gasteiger partial charge on any atom is 0.278 e. The third-order valence-corrected chi connectivity index (χ3v) is 4.09. The summed E-state index contributed by atoms with van der Waals surface area (Å²) in [4.78, 5) is 12.7. The third kappa shape index (κ3) is 1.92. The average Bonchev–Trinajstić information content (AvgIpc) is 2.36. The van der Waals surface area contributed by atoms with Crippen LogP contribution in [0.1, 0.15) is 36.6 Å². The van der Waals surface area contributed by atoms with Crippen molar-refractivity contribution < 1.29 is 5.11 Å². The summed E-state index contributed by atoms with van der Waals surface area (Å²) in [6, 6.07) is 7.80. The molecule has 4 nitrogen and oxygen atoms in total. The standard InChI is InChI=1S/C16H18N2O2/c1-10-6-3-4-9-13(10)14-15(19)11(2)17-18(16(14)20)12-7-5-8-12/h3-4,6,9,12,19H,5,7-8H2,1-2H3. The molecule has 1 aromatic carbocycles. The van der Waals surface area contributed by atoms with Crippen molar-refractivity contribution in [2.75, 3.05) is 0 Å². The average molecular weight is 270 g/mol. The first-order valence-electron chi connectivity index (χ1n) is 6.98. The molecule has 0 atom stereocenters. The lowest BCUT2D eigenvalue weighted by Crippen LogP contribution is -2.32. The van der Waals surface area contributed by atoms with E-state index >= 15 is 0 Å². The van der Waals surface area contributed by atoms with Crippen molar-refractivity contribution in [1.29, 1.82) is 0 Å². The molecule has 4 heteroatoms. The Kier molecular flexibility index (Phi) is 3.08. The van der Waals surface area contributed by atoms with E-state index in [2.05, 4.69) is 5.10 Å². The Morgan fingerprint density at radius 1 is 1.25 bits per heavy atom. The molecule has 1 aliphatic carbocycles. The van der Waals surface area contributed by atoms with Gasteiger partial charge in [-0.25, -0.2) is 4.68 Å². The largest absolute Gasteiger partial charge is 0.505 e. The van der Waals surface area contributed by atoms with Gasteiger partial charge >= 0.3 is 0 Å². The Morgan fingerprint density at radius 2 is 1.95 bits per heavy atom. The molecule has 0 radical (unpaired) electrons. The summed E-state index contributed by atoms with van der Waals surface area (Å²) in [5.74, 6) is -0.000117. The van der Waals surface area contributed by atoms with Crippen LogP contribution in [0, 0.1) is 13.8 Å². The van der Waals surface area contributed by atoms with Crippen LogP contribution in [0.15, 0.2) is 29.1 Å². The number of nitrogens with zero attached hydrogens (tertiary/aromatic N) is 2. The fourth-order valence-electron chi connectivity index (χ4n) is 2.63. The quantitative estimate of drug-likeness (QED) is 0.912. The second-order valence-electron chi connectivity index (χ2n) is 5.46. The van der Waals surface area contributed by atoms with Crippen LogP contribution in [-0.4, -0.2) is 14.9 Å². The number of aromatic nitrogens is 2. The minimum atomic E-state index is -0.188. The van der Waals surface area contributed by atoms with Crippen LogP contribution in [-0.2, 0) is 0 Å². The van der Waals surface area contributed by atoms with Gasteiger partial charge in [0.1, 0.15) is 5.69 Å². The van der Waals surface area contributed by atoms with E-state index in [0.717, 1.165) is 30.4 Å². The van der Waals surface area contributed by atoms with Gasteiger partial charge in [-0.05, 0) is 44.2 Å². The Labute approximate surface area is 117 Å². The van der Waals surface area contributed by atoms with Crippen molar-refractivity contribution in [1.82, 2.24) is 9.78 Å². The minimum absolute atomic E-state index is 0.000117. The Bertz CT molecular complexity index is 715. The molecule has 3 rings (SSSR count). The van der Waals surface area contributed by atoms with Gasteiger partial charge in [0.25, 0.3) is 5.56 Å². The van der Waals surface area contributed by atoms with E-state index in [1.807, 2.05) is 31.2 Å². The zero-order chi connectivity index (χ0) is 14.3. The van der Waals surface area contributed by atoms with E-state index < -0.39 is 0 Å². The van der Waals surface area contributed by atoms with Crippen LogP contribution in [0.4, 0.5) is 0 Å². The molecule has 0 unspecified atom stereocenters. The predicted molar refractivity (Wildman–Crippen MR) is 78.0 cm³/mol. The van der Waals surface area contributed by atoms with Crippen molar-refractivity contribution in [3.8, 4) is 16.9 Å². The van der Waals surface area contributed by atoms with Crippen LogP contribution in [0.5, 0.6) is 5.75 Å². The van der Waals surface area contributed by atoms with Gasteiger partial charge in [0, 0.05) is 0 Å². The Hall–Kier alpha value is -2.10. The lowest BCUT2D eigenvalue weighted by Gasteiger charge is -2.27. The molecule has 1 heterocycles. The first-order chi connectivity index (χ1) is 9.59. The maximum atomic E-state index is 12.7. The van der Waals surface area contributed by atoms with Gasteiger partial charge in [-0.3, -0.25) is 4.79 Å². The molecule has 1 N–H and O–H groups in total. The van der Waals surface area contributed by atoms with Crippen LogP contribution in [0.3, 0.4) is 0 Å². The number of aromatic hydroxyl groups is 1. The second kappa shape index (κ2) is 4.78. The molecule has 1 aliphatic rings. The number of benzene rings is 1. The van der Waals surface area contributed by atoms with Gasteiger partial charge in [-0.1, -0.05) is 24.3 Å². The van der Waals surface area contributed by atoms with Gasteiger partial charge in [0.15, 0.2) is 5.75 Å². The minimum Gasteiger partial charge on any atom is -0.505 e. The molecule has 1 fully saturated rings. The molecule has 2 aromatic rings. The highest BCUT2D eigenvalue weighted by Crippen LogP contribution is 2.33. The lowest BCUT2D eigenvalue weighted by molar-refractivity contribution is 0.275. The summed E-state index contributed by atoms with van der Waals surface area (Å²) in [5, 5.41) is 14.5. The summed E-state index contributed by atoms with van der Waals surface area (Å²) in [5.41, 5.74) is 2.46. The van der Waals surface area contributed by atoms with E-state index in [9.17, 15) is 9.90 Å². The van der Waals surface area contributed by atoms with Crippen molar-refractivity contribution in [2.45, 2.75) is 39.2 Å². The molecule has 1 aromatic heterocycles. The first kappa shape index (κ1) is 12.9. The second-order valence-corrected chi connectivity index (χ2v) is 5.46. The molecule has 0 spiro atoms. The van der Waals surface area contributed by atoms with E-state index in [1.54, 1.807) is 11.6 Å². The molecule has 0 bridgehead atoms. The molecule has 104 valence electrons. The Balaban J connectivity index is 2.27. The van der Waals surface area contributed by atoms with Gasteiger partial charge < -0.3 is 5.11 Å². The normalized spacial score (nSPS) is 15.1. The van der Waals surface area contributed by atoms with E-state index in [4.69, 9.17) is 0 Å². The molecular formula is C16H18N2O2. The topological polar surface area (TPSA) is 55.1 Å². The van der Waals surface area contributed by atoms with Gasteiger partial charge in [0.2, 0.25) is 0 Å². The number of aryl methyl sites for hydroxylation is 2. The zero-order valence-electron chi connectivity index (χ0n) is 11.8. The summed E-state index contributed by atoms with van der Waals surface area (Å²) in [6.07, 6.45) is 3.12. The van der Waals surface area contributed by atoms with E-state index in [1.165, 1.54) is 0 Å². The molecule has 0 saturated heterocycles. The number of hydrogen-bond donors (Lipinski definition) is 1. The summed E-state index contributed by atoms with van der Waals surface area (Å²) < 4.78 is 1.56. The SMILES string of the molecule is Cc1ccccc1-c1c(O)c(C)nn(C2CCC2)c1=O. The number of hydrogen-bond acceptors (Lipinski definition) is 3. The smallest absolute Gasteiger partial charge is 0.278 e. The summed E-state index contributed by atoms with van der Waals surface area (Å²) in [6.45, 7) is 3.68. The maximum absolute atomic E-state index is 12.7. The zero-order valence-corrected chi connectivity index (χ0v) is 11.8. The van der Waals surface area contributed by atoms with Gasteiger partial charge in [0.05, 0.1) is 11.6 Å². The van der Waals surface area contributed by atoms with Crippen LogP contribution in [0.2, 0.25) is 0 Å². The predicted octanol–water partition coefficient (Wildman–Crippen LogP) is 2.96.